The second kappa shape index (κ2) is 10.9. The highest BCUT2D eigenvalue weighted by Gasteiger charge is 2.44. The predicted molar refractivity (Wildman–Crippen MR) is 122 cm³/mol. The molecule has 3 rings (SSSR count). The Morgan fingerprint density at radius 3 is 2.24 bits per heavy atom. The molecule has 1 N–H and O–H groups in total. The second-order valence-electron chi connectivity index (χ2n) is 7.60. The third-order valence-corrected chi connectivity index (χ3v) is 7.61. The van der Waals surface area contributed by atoms with Crippen LogP contribution in [0.25, 0.3) is 0 Å². The summed E-state index contributed by atoms with van der Waals surface area (Å²) in [6.45, 7) is 0.888. The molecule has 0 bridgehead atoms. The van der Waals surface area contributed by atoms with Crippen molar-refractivity contribution in [2.75, 3.05) is 54.7 Å². The first-order chi connectivity index (χ1) is 15.8. The molecule has 1 amide bonds. The lowest BCUT2D eigenvalue weighted by Gasteiger charge is -2.21. The zero-order valence-corrected chi connectivity index (χ0v) is 20.1. The molecular formula is C23H30N2O7S. The van der Waals surface area contributed by atoms with Crippen molar-refractivity contribution in [2.45, 2.75) is 10.8 Å². The predicted octanol–water partition coefficient (Wildman–Crippen LogP) is 1.88. The SMILES string of the molecule is COCCNC(=O)[C@@H]1CN(S(=O)(=O)c2ccc(OC)cc2)C[C@H]1c1ccc(OC)cc1OC. The van der Waals surface area contributed by atoms with Crippen LogP contribution in [-0.2, 0) is 19.6 Å². The van der Waals surface area contributed by atoms with Crippen molar-refractivity contribution < 1.29 is 32.2 Å². The molecule has 0 saturated carbocycles. The van der Waals surface area contributed by atoms with Crippen LogP contribution >= 0.6 is 0 Å². The lowest BCUT2D eigenvalue weighted by Crippen LogP contribution is -2.37. The molecule has 2 aromatic rings. The quantitative estimate of drug-likeness (QED) is 0.520. The van der Waals surface area contributed by atoms with Gasteiger partial charge in [-0.25, -0.2) is 8.42 Å². The standard InChI is InChI=1S/C23H30N2O7S/c1-29-12-11-24-23(26)21-15-25(33(27,28)18-8-5-16(30-2)6-9-18)14-20(21)19-10-7-17(31-3)13-22(19)32-4/h5-10,13,20-21H,11-12,14-15H2,1-4H3,(H,24,26)/t20-,21+/m0/s1. The summed E-state index contributed by atoms with van der Waals surface area (Å²) >= 11 is 0. The summed E-state index contributed by atoms with van der Waals surface area (Å²) < 4.78 is 49.1. The van der Waals surface area contributed by atoms with Crippen LogP contribution in [0.15, 0.2) is 47.4 Å². The van der Waals surface area contributed by atoms with E-state index in [1.54, 1.807) is 38.5 Å². The molecule has 0 radical (unpaired) electrons. The Kier molecular flexibility index (Phi) is 8.17. The summed E-state index contributed by atoms with van der Waals surface area (Å²) in [5.41, 5.74) is 0.748. The summed E-state index contributed by atoms with van der Waals surface area (Å²) in [6.07, 6.45) is 0. The summed E-state index contributed by atoms with van der Waals surface area (Å²) in [5.74, 6) is 0.475. The van der Waals surface area contributed by atoms with Crippen LogP contribution in [0.1, 0.15) is 11.5 Å². The molecule has 1 fully saturated rings. The average molecular weight is 479 g/mol. The van der Waals surface area contributed by atoms with Crippen molar-refractivity contribution >= 4 is 15.9 Å². The highest BCUT2D eigenvalue weighted by Crippen LogP contribution is 2.41. The van der Waals surface area contributed by atoms with Gasteiger partial charge >= 0.3 is 0 Å². The van der Waals surface area contributed by atoms with Gasteiger partial charge in [-0.3, -0.25) is 4.79 Å². The fourth-order valence-corrected chi connectivity index (χ4v) is 5.47. The zero-order valence-electron chi connectivity index (χ0n) is 19.2. The van der Waals surface area contributed by atoms with Crippen LogP contribution in [0, 0.1) is 5.92 Å². The minimum Gasteiger partial charge on any atom is -0.497 e. The zero-order chi connectivity index (χ0) is 24.0. The molecule has 0 spiro atoms. The minimum atomic E-state index is -3.82. The van der Waals surface area contributed by atoms with Gasteiger partial charge in [0.25, 0.3) is 0 Å². The molecule has 1 aliphatic rings. The summed E-state index contributed by atoms with van der Waals surface area (Å²) in [4.78, 5) is 13.2. The Hall–Kier alpha value is -2.82. The Bertz CT molecular complexity index is 1060. The Morgan fingerprint density at radius 1 is 0.970 bits per heavy atom. The Labute approximate surface area is 194 Å². The lowest BCUT2D eigenvalue weighted by atomic mass is 9.87. The number of ether oxygens (including phenoxy) is 4. The van der Waals surface area contributed by atoms with Gasteiger partial charge in [-0.2, -0.15) is 4.31 Å². The summed E-state index contributed by atoms with van der Waals surface area (Å²) in [5, 5.41) is 2.84. The Balaban J connectivity index is 1.95. The van der Waals surface area contributed by atoms with Crippen LogP contribution in [0.4, 0.5) is 0 Å². The lowest BCUT2D eigenvalue weighted by molar-refractivity contribution is -0.125. The normalized spacial score (nSPS) is 18.7. The highest BCUT2D eigenvalue weighted by molar-refractivity contribution is 7.89. The largest absolute Gasteiger partial charge is 0.497 e. The number of hydrogen-bond donors (Lipinski definition) is 1. The molecule has 1 saturated heterocycles. The molecule has 0 aliphatic carbocycles. The first-order valence-electron chi connectivity index (χ1n) is 10.5. The summed E-state index contributed by atoms with van der Waals surface area (Å²) in [6, 6.07) is 11.5. The Morgan fingerprint density at radius 2 is 1.64 bits per heavy atom. The van der Waals surface area contributed by atoms with Crippen molar-refractivity contribution in [1.29, 1.82) is 0 Å². The van der Waals surface area contributed by atoms with Gasteiger partial charge in [0.2, 0.25) is 15.9 Å². The van der Waals surface area contributed by atoms with Crippen LogP contribution < -0.4 is 19.5 Å². The molecule has 2 aromatic carbocycles. The van der Waals surface area contributed by atoms with E-state index in [1.807, 2.05) is 6.07 Å². The van der Waals surface area contributed by atoms with E-state index in [9.17, 15) is 13.2 Å². The van der Waals surface area contributed by atoms with Gasteiger partial charge in [-0.05, 0) is 35.9 Å². The summed E-state index contributed by atoms with van der Waals surface area (Å²) in [7, 11) is 2.34. The third-order valence-electron chi connectivity index (χ3n) is 5.77. The maximum absolute atomic E-state index is 13.4. The topological polar surface area (TPSA) is 103 Å². The van der Waals surface area contributed by atoms with Gasteiger partial charge in [0.05, 0.1) is 38.7 Å². The van der Waals surface area contributed by atoms with E-state index in [4.69, 9.17) is 18.9 Å². The van der Waals surface area contributed by atoms with Crippen molar-refractivity contribution in [1.82, 2.24) is 9.62 Å². The average Bonchev–Trinajstić information content (AvgIpc) is 3.30. The number of carbonyl (C=O) groups excluding carboxylic acids is 1. The van der Waals surface area contributed by atoms with E-state index in [2.05, 4.69) is 5.32 Å². The number of sulfonamides is 1. The molecule has 180 valence electrons. The first kappa shape index (κ1) is 24.8. The van der Waals surface area contributed by atoms with Gasteiger partial charge in [0.15, 0.2) is 0 Å². The number of carbonyl (C=O) groups is 1. The molecule has 2 atom stereocenters. The molecule has 33 heavy (non-hydrogen) atoms. The van der Waals surface area contributed by atoms with Gasteiger partial charge in [-0.15, -0.1) is 0 Å². The molecular weight excluding hydrogens is 448 g/mol. The van der Waals surface area contributed by atoms with Gasteiger partial charge < -0.3 is 24.3 Å². The molecule has 0 unspecified atom stereocenters. The molecule has 1 heterocycles. The molecule has 0 aromatic heterocycles. The van der Waals surface area contributed by atoms with E-state index in [0.29, 0.717) is 30.4 Å². The molecule has 1 aliphatic heterocycles. The highest BCUT2D eigenvalue weighted by atomic mass is 32.2. The number of benzene rings is 2. The van der Waals surface area contributed by atoms with E-state index in [1.165, 1.54) is 30.7 Å². The number of methoxy groups -OCH3 is 4. The van der Waals surface area contributed by atoms with E-state index in [-0.39, 0.29) is 23.9 Å². The monoisotopic (exact) mass is 478 g/mol. The maximum atomic E-state index is 13.4. The maximum Gasteiger partial charge on any atom is 0.243 e. The second-order valence-corrected chi connectivity index (χ2v) is 9.54. The first-order valence-corrected chi connectivity index (χ1v) is 11.9. The number of amides is 1. The number of hydrogen-bond acceptors (Lipinski definition) is 7. The number of rotatable bonds is 10. The minimum absolute atomic E-state index is 0.0486. The van der Waals surface area contributed by atoms with Crippen molar-refractivity contribution in [2.24, 2.45) is 5.92 Å². The molecule has 9 nitrogen and oxygen atoms in total. The van der Waals surface area contributed by atoms with Gasteiger partial charge in [0.1, 0.15) is 17.2 Å². The van der Waals surface area contributed by atoms with E-state index in [0.717, 1.165) is 5.56 Å². The van der Waals surface area contributed by atoms with Crippen molar-refractivity contribution in [3.63, 3.8) is 0 Å². The van der Waals surface area contributed by atoms with Gasteiger partial charge in [-0.1, -0.05) is 6.07 Å². The van der Waals surface area contributed by atoms with Crippen molar-refractivity contribution in [3.05, 3.63) is 48.0 Å². The third kappa shape index (κ3) is 5.40. The van der Waals surface area contributed by atoms with Crippen LogP contribution in [0.2, 0.25) is 0 Å². The molecule has 10 heteroatoms. The fraction of sp³-hybridized carbons (Fsp3) is 0.435. The smallest absolute Gasteiger partial charge is 0.243 e. The van der Waals surface area contributed by atoms with E-state index >= 15 is 0 Å². The van der Waals surface area contributed by atoms with Crippen LogP contribution in [0.3, 0.4) is 0 Å². The number of nitrogens with zero attached hydrogens (tertiary/aromatic N) is 1. The fourth-order valence-electron chi connectivity index (χ4n) is 3.97. The van der Waals surface area contributed by atoms with Crippen LogP contribution in [-0.4, -0.2) is 73.3 Å². The van der Waals surface area contributed by atoms with Crippen molar-refractivity contribution in [3.8, 4) is 17.2 Å². The van der Waals surface area contributed by atoms with Crippen LogP contribution in [0.5, 0.6) is 17.2 Å². The van der Waals surface area contributed by atoms with Gasteiger partial charge in [0, 0.05) is 38.7 Å². The number of nitrogens with one attached hydrogen (secondary N) is 1. The van der Waals surface area contributed by atoms with E-state index < -0.39 is 21.9 Å².